The van der Waals surface area contributed by atoms with E-state index in [1.807, 2.05) is 6.07 Å². The van der Waals surface area contributed by atoms with Crippen molar-refractivity contribution in [1.29, 1.82) is 0 Å². The number of piperidine rings is 1. The maximum atomic E-state index is 11.6. The Bertz CT molecular complexity index is 482. The van der Waals surface area contributed by atoms with Crippen LogP contribution in [-0.4, -0.2) is 38.1 Å². The summed E-state index contributed by atoms with van der Waals surface area (Å²) in [5.41, 5.74) is 8.04. The Morgan fingerprint density at radius 1 is 1.43 bits per heavy atom. The van der Waals surface area contributed by atoms with Gasteiger partial charge in [0.1, 0.15) is 5.75 Å². The van der Waals surface area contributed by atoms with E-state index in [0.29, 0.717) is 6.54 Å². The third kappa shape index (κ3) is 3.95. The summed E-state index contributed by atoms with van der Waals surface area (Å²) in [4.78, 5) is 14.0. The molecular weight excluding hydrogens is 266 g/mol. The van der Waals surface area contributed by atoms with Crippen molar-refractivity contribution in [3.05, 3.63) is 29.3 Å². The molecule has 1 fully saturated rings. The fourth-order valence-electron chi connectivity index (χ4n) is 2.91. The van der Waals surface area contributed by atoms with Gasteiger partial charge in [-0.25, -0.2) is 0 Å². The predicted molar refractivity (Wildman–Crippen MR) is 83.0 cm³/mol. The lowest BCUT2D eigenvalue weighted by atomic mass is 9.95. The van der Waals surface area contributed by atoms with Crippen LogP contribution in [0.25, 0.3) is 0 Å². The summed E-state index contributed by atoms with van der Waals surface area (Å²) in [6.45, 7) is 3.30. The summed E-state index contributed by atoms with van der Waals surface area (Å²) in [6.07, 6.45) is 1.86. The molecule has 0 unspecified atom stereocenters. The molecule has 2 rings (SSSR count). The molecule has 1 aliphatic heterocycles. The molecule has 116 valence electrons. The second-order valence-electron chi connectivity index (χ2n) is 5.51. The minimum atomic E-state index is 0.168. The van der Waals surface area contributed by atoms with Crippen molar-refractivity contribution in [3.8, 4) is 5.75 Å². The van der Waals surface area contributed by atoms with Crippen molar-refractivity contribution in [3.63, 3.8) is 0 Å². The van der Waals surface area contributed by atoms with Gasteiger partial charge in [0.2, 0.25) is 5.91 Å². The molecular formula is C16H25N3O2. The van der Waals surface area contributed by atoms with Crippen LogP contribution < -0.4 is 15.8 Å². The van der Waals surface area contributed by atoms with Crippen LogP contribution in [-0.2, 0) is 17.9 Å². The number of nitrogens with two attached hydrogens (primary N) is 1. The quantitative estimate of drug-likeness (QED) is 0.853. The Labute approximate surface area is 126 Å². The molecule has 0 aromatic heterocycles. The van der Waals surface area contributed by atoms with Crippen molar-refractivity contribution >= 4 is 5.91 Å². The fourth-order valence-corrected chi connectivity index (χ4v) is 2.91. The molecule has 0 radical (unpaired) electrons. The second kappa shape index (κ2) is 7.43. The topological polar surface area (TPSA) is 67.6 Å². The van der Waals surface area contributed by atoms with E-state index in [0.717, 1.165) is 43.8 Å². The molecule has 21 heavy (non-hydrogen) atoms. The van der Waals surface area contributed by atoms with Crippen molar-refractivity contribution in [2.75, 3.05) is 27.2 Å². The molecule has 0 aliphatic carbocycles. The lowest BCUT2D eigenvalue weighted by molar-refractivity contribution is -0.125. The van der Waals surface area contributed by atoms with E-state index in [1.165, 1.54) is 5.56 Å². The van der Waals surface area contributed by atoms with Crippen LogP contribution in [0.15, 0.2) is 18.2 Å². The lowest BCUT2D eigenvalue weighted by Crippen LogP contribution is -2.39. The average molecular weight is 291 g/mol. The van der Waals surface area contributed by atoms with Gasteiger partial charge in [0.05, 0.1) is 7.11 Å². The van der Waals surface area contributed by atoms with Gasteiger partial charge in [-0.05, 0) is 43.6 Å². The number of likely N-dealkylation sites (tertiary alicyclic amines) is 1. The lowest BCUT2D eigenvalue weighted by Gasteiger charge is -2.31. The predicted octanol–water partition coefficient (Wildman–Crippen LogP) is 1.11. The Hall–Kier alpha value is -1.59. The smallest absolute Gasteiger partial charge is 0.222 e. The molecule has 3 N–H and O–H groups in total. The summed E-state index contributed by atoms with van der Waals surface area (Å²) in [5.74, 6) is 1.19. The van der Waals surface area contributed by atoms with Crippen LogP contribution >= 0.6 is 0 Å². The molecule has 0 atom stereocenters. The zero-order chi connectivity index (χ0) is 15.2. The normalized spacial score (nSPS) is 16.7. The van der Waals surface area contributed by atoms with Crippen molar-refractivity contribution in [2.45, 2.75) is 25.9 Å². The number of nitrogens with one attached hydrogen (secondary N) is 1. The molecule has 1 aliphatic rings. The van der Waals surface area contributed by atoms with Crippen molar-refractivity contribution in [1.82, 2.24) is 10.2 Å². The van der Waals surface area contributed by atoms with E-state index in [1.54, 1.807) is 14.2 Å². The van der Waals surface area contributed by atoms with Gasteiger partial charge in [0.25, 0.3) is 0 Å². The van der Waals surface area contributed by atoms with Gasteiger partial charge in [-0.3, -0.25) is 9.69 Å². The summed E-state index contributed by atoms with van der Waals surface area (Å²) in [7, 11) is 3.37. The van der Waals surface area contributed by atoms with Gasteiger partial charge in [0.15, 0.2) is 0 Å². The zero-order valence-corrected chi connectivity index (χ0v) is 12.9. The molecule has 1 saturated heterocycles. The number of methoxy groups -OCH3 is 1. The average Bonchev–Trinajstić information content (AvgIpc) is 2.54. The Balaban J connectivity index is 1.93. The minimum Gasteiger partial charge on any atom is -0.496 e. The molecule has 0 bridgehead atoms. The number of rotatable bonds is 5. The zero-order valence-electron chi connectivity index (χ0n) is 12.9. The van der Waals surface area contributed by atoms with E-state index >= 15 is 0 Å². The molecule has 1 aromatic rings. The van der Waals surface area contributed by atoms with Gasteiger partial charge in [-0.1, -0.05) is 6.07 Å². The molecule has 5 heteroatoms. The highest BCUT2D eigenvalue weighted by Gasteiger charge is 2.24. The standard InChI is InChI=1S/C16H25N3O2/c1-18-16(20)13-5-7-19(8-6-13)11-12-3-4-15(21-2)14(9-12)10-17/h3-4,9,13H,5-8,10-11,17H2,1-2H3,(H,18,20). The SMILES string of the molecule is CNC(=O)C1CCN(Cc2ccc(OC)c(CN)c2)CC1. The number of nitrogens with zero attached hydrogens (tertiary/aromatic N) is 1. The highest BCUT2D eigenvalue weighted by Crippen LogP contribution is 2.23. The maximum absolute atomic E-state index is 11.6. The van der Waals surface area contributed by atoms with Crippen LogP contribution in [0.5, 0.6) is 5.75 Å². The number of hydrogen-bond donors (Lipinski definition) is 2. The first-order valence-corrected chi connectivity index (χ1v) is 7.47. The monoisotopic (exact) mass is 291 g/mol. The Morgan fingerprint density at radius 2 is 2.14 bits per heavy atom. The number of benzene rings is 1. The number of carbonyl (C=O) groups excluding carboxylic acids is 1. The summed E-state index contributed by atoms with van der Waals surface area (Å²) >= 11 is 0. The van der Waals surface area contributed by atoms with Gasteiger partial charge in [-0.2, -0.15) is 0 Å². The maximum Gasteiger partial charge on any atom is 0.222 e. The van der Waals surface area contributed by atoms with E-state index in [2.05, 4.69) is 22.3 Å². The first-order chi connectivity index (χ1) is 10.2. The fraction of sp³-hybridized carbons (Fsp3) is 0.562. The number of ether oxygens (including phenoxy) is 1. The van der Waals surface area contributed by atoms with E-state index in [9.17, 15) is 4.79 Å². The Morgan fingerprint density at radius 3 is 2.71 bits per heavy atom. The molecule has 1 aromatic carbocycles. The summed E-state index contributed by atoms with van der Waals surface area (Å²) in [6, 6.07) is 6.18. The minimum absolute atomic E-state index is 0.168. The summed E-state index contributed by atoms with van der Waals surface area (Å²) in [5, 5.41) is 2.74. The largest absolute Gasteiger partial charge is 0.496 e. The number of amides is 1. The van der Waals surface area contributed by atoms with Crippen LogP contribution in [0, 0.1) is 5.92 Å². The second-order valence-corrected chi connectivity index (χ2v) is 5.51. The highest BCUT2D eigenvalue weighted by molar-refractivity contribution is 5.78. The first-order valence-electron chi connectivity index (χ1n) is 7.47. The molecule has 0 spiro atoms. The third-order valence-corrected chi connectivity index (χ3v) is 4.18. The van der Waals surface area contributed by atoms with Gasteiger partial charge in [-0.15, -0.1) is 0 Å². The highest BCUT2D eigenvalue weighted by atomic mass is 16.5. The van der Waals surface area contributed by atoms with E-state index in [-0.39, 0.29) is 11.8 Å². The van der Waals surface area contributed by atoms with Crippen LogP contribution in [0.1, 0.15) is 24.0 Å². The van der Waals surface area contributed by atoms with Gasteiger partial charge in [0, 0.05) is 31.6 Å². The third-order valence-electron chi connectivity index (χ3n) is 4.18. The number of carbonyl (C=O) groups is 1. The molecule has 0 saturated carbocycles. The number of hydrogen-bond acceptors (Lipinski definition) is 4. The molecule has 1 amide bonds. The van der Waals surface area contributed by atoms with E-state index in [4.69, 9.17) is 10.5 Å². The van der Waals surface area contributed by atoms with Gasteiger partial charge >= 0.3 is 0 Å². The molecule has 5 nitrogen and oxygen atoms in total. The van der Waals surface area contributed by atoms with Crippen molar-refractivity contribution in [2.24, 2.45) is 11.7 Å². The van der Waals surface area contributed by atoms with E-state index < -0.39 is 0 Å². The van der Waals surface area contributed by atoms with Crippen LogP contribution in [0.2, 0.25) is 0 Å². The van der Waals surface area contributed by atoms with Gasteiger partial charge < -0.3 is 15.8 Å². The van der Waals surface area contributed by atoms with Crippen LogP contribution in [0.3, 0.4) is 0 Å². The molecule has 1 heterocycles. The van der Waals surface area contributed by atoms with Crippen LogP contribution in [0.4, 0.5) is 0 Å². The Kier molecular flexibility index (Phi) is 5.59. The first kappa shape index (κ1) is 15.8. The van der Waals surface area contributed by atoms with Crippen molar-refractivity contribution < 1.29 is 9.53 Å². The summed E-state index contributed by atoms with van der Waals surface area (Å²) < 4.78 is 5.30.